The number of benzene rings is 2. The molecule has 0 radical (unpaired) electrons. The lowest BCUT2D eigenvalue weighted by molar-refractivity contribution is 0.0322. The van der Waals surface area contributed by atoms with Crippen molar-refractivity contribution in [1.29, 1.82) is 0 Å². The molecule has 2 aliphatic rings. The summed E-state index contributed by atoms with van der Waals surface area (Å²) in [4.78, 5) is 21.5. The van der Waals surface area contributed by atoms with Crippen molar-refractivity contribution < 1.29 is 23.7 Å². The van der Waals surface area contributed by atoms with E-state index in [9.17, 15) is 4.79 Å². The Balaban J connectivity index is 1.12. The van der Waals surface area contributed by atoms with Crippen molar-refractivity contribution in [2.75, 3.05) is 59.7 Å². The van der Waals surface area contributed by atoms with Crippen LogP contribution < -0.4 is 14.2 Å². The summed E-state index contributed by atoms with van der Waals surface area (Å²) in [6, 6.07) is 18.0. The number of aryl methyl sites for hydroxylation is 1. The summed E-state index contributed by atoms with van der Waals surface area (Å²) >= 11 is 0. The van der Waals surface area contributed by atoms with Gasteiger partial charge in [-0.25, -0.2) is 0 Å². The Hall–Kier alpha value is -3.62. The fourth-order valence-corrected chi connectivity index (χ4v) is 4.84. The smallest absolute Gasteiger partial charge is 0.272 e. The van der Waals surface area contributed by atoms with E-state index in [1.165, 1.54) is 5.56 Å². The van der Waals surface area contributed by atoms with Crippen LogP contribution in [0.25, 0.3) is 0 Å². The zero-order valence-electron chi connectivity index (χ0n) is 22.8. The van der Waals surface area contributed by atoms with Crippen LogP contribution in [-0.4, -0.2) is 80.3 Å². The lowest BCUT2D eigenvalue weighted by Crippen LogP contribution is -2.48. The highest BCUT2D eigenvalue weighted by Gasteiger charge is 2.33. The van der Waals surface area contributed by atoms with Crippen molar-refractivity contribution in [1.82, 2.24) is 14.8 Å². The molecule has 0 N–H and O–H groups in total. The number of carbonyl (C=O) groups excluding carboxylic acids is 1. The number of likely N-dealkylation sites (tertiary alicyclic amines) is 1. The summed E-state index contributed by atoms with van der Waals surface area (Å²) < 4.78 is 22.9. The number of ether oxygens (including phenoxy) is 4. The summed E-state index contributed by atoms with van der Waals surface area (Å²) in [5.74, 6) is 2.24. The van der Waals surface area contributed by atoms with E-state index in [1.54, 1.807) is 25.4 Å². The molecule has 8 nitrogen and oxygen atoms in total. The van der Waals surface area contributed by atoms with Gasteiger partial charge in [-0.05, 0) is 41.3 Å². The fourth-order valence-electron chi connectivity index (χ4n) is 4.84. The number of methoxy groups -OCH3 is 1. The van der Waals surface area contributed by atoms with E-state index in [4.69, 9.17) is 18.9 Å². The van der Waals surface area contributed by atoms with Crippen molar-refractivity contribution in [3.8, 4) is 17.2 Å². The van der Waals surface area contributed by atoms with Gasteiger partial charge in [0.1, 0.15) is 24.7 Å². The molecule has 206 valence electrons. The molecule has 0 spiro atoms. The van der Waals surface area contributed by atoms with Gasteiger partial charge >= 0.3 is 0 Å². The lowest BCUT2D eigenvalue weighted by atomic mass is 9.91. The van der Waals surface area contributed by atoms with Crippen molar-refractivity contribution in [3.05, 3.63) is 83.2 Å². The molecular weight excluding hydrogens is 494 g/mol. The SMILES string of the molecule is CCc1ccc(COc2ccc(C3CN(C(=O)c4cc(OCCN5CCOCC5)ccn4)C3)cc2OC)cc1. The Bertz CT molecular complexity index is 1240. The van der Waals surface area contributed by atoms with Gasteiger partial charge in [0.2, 0.25) is 0 Å². The summed E-state index contributed by atoms with van der Waals surface area (Å²) in [6.07, 6.45) is 2.66. The van der Waals surface area contributed by atoms with E-state index in [2.05, 4.69) is 47.1 Å². The largest absolute Gasteiger partial charge is 0.493 e. The standard InChI is InChI=1S/C31H37N3O5/c1-3-23-4-6-24(7-5-23)22-39-29-9-8-25(18-30(29)36-2)26-20-34(21-26)31(35)28-19-27(10-11-32-28)38-17-14-33-12-15-37-16-13-33/h4-11,18-19,26H,3,12-17,20-22H2,1-2H3. The second-order valence-corrected chi connectivity index (χ2v) is 9.96. The monoisotopic (exact) mass is 531 g/mol. The van der Waals surface area contributed by atoms with Crippen LogP contribution in [0.1, 0.15) is 40.0 Å². The first-order valence-corrected chi connectivity index (χ1v) is 13.7. The maximum absolute atomic E-state index is 13.1. The van der Waals surface area contributed by atoms with Gasteiger partial charge in [-0.15, -0.1) is 0 Å². The van der Waals surface area contributed by atoms with E-state index < -0.39 is 0 Å². The predicted molar refractivity (Wildman–Crippen MR) is 149 cm³/mol. The van der Waals surface area contributed by atoms with Crippen molar-refractivity contribution in [2.24, 2.45) is 0 Å². The molecule has 2 saturated heterocycles. The first-order valence-electron chi connectivity index (χ1n) is 13.7. The van der Waals surface area contributed by atoms with E-state index in [0.717, 1.165) is 50.4 Å². The minimum atomic E-state index is -0.0779. The Morgan fingerprint density at radius 2 is 1.74 bits per heavy atom. The second-order valence-electron chi connectivity index (χ2n) is 9.96. The van der Waals surface area contributed by atoms with Crippen molar-refractivity contribution in [3.63, 3.8) is 0 Å². The molecule has 0 bridgehead atoms. The highest BCUT2D eigenvalue weighted by Crippen LogP contribution is 2.35. The van der Waals surface area contributed by atoms with Crippen molar-refractivity contribution in [2.45, 2.75) is 25.9 Å². The summed E-state index contributed by atoms with van der Waals surface area (Å²) in [5.41, 5.74) is 3.96. The number of nitrogens with zero attached hydrogens (tertiary/aromatic N) is 3. The van der Waals surface area contributed by atoms with E-state index in [1.807, 2.05) is 17.0 Å². The normalized spacial score (nSPS) is 16.0. The summed E-state index contributed by atoms with van der Waals surface area (Å²) in [6.45, 7) is 8.68. The first kappa shape index (κ1) is 27.0. The Kier molecular flexibility index (Phi) is 8.96. The van der Waals surface area contributed by atoms with Crippen LogP contribution in [0.5, 0.6) is 17.2 Å². The number of hydrogen-bond donors (Lipinski definition) is 0. The Labute approximate surface area is 230 Å². The van der Waals surface area contributed by atoms with Crippen LogP contribution in [0, 0.1) is 0 Å². The number of aromatic nitrogens is 1. The maximum Gasteiger partial charge on any atom is 0.272 e. The number of rotatable bonds is 11. The molecule has 0 aliphatic carbocycles. The van der Waals surface area contributed by atoms with Gasteiger partial charge in [0.05, 0.1) is 20.3 Å². The first-order chi connectivity index (χ1) is 19.1. The second kappa shape index (κ2) is 13.0. The summed E-state index contributed by atoms with van der Waals surface area (Å²) in [5, 5.41) is 0. The quantitative estimate of drug-likeness (QED) is 0.368. The van der Waals surface area contributed by atoms with E-state index >= 15 is 0 Å². The number of hydrogen-bond acceptors (Lipinski definition) is 7. The molecule has 3 aromatic rings. The van der Waals surface area contributed by atoms with E-state index in [0.29, 0.717) is 49.2 Å². The van der Waals surface area contributed by atoms with Gasteiger partial charge in [-0.3, -0.25) is 14.7 Å². The van der Waals surface area contributed by atoms with E-state index in [-0.39, 0.29) is 11.8 Å². The topological polar surface area (TPSA) is 73.4 Å². The molecule has 1 amide bonds. The minimum absolute atomic E-state index is 0.0779. The van der Waals surface area contributed by atoms with Crippen LogP contribution in [0.3, 0.4) is 0 Å². The van der Waals surface area contributed by atoms with Crippen LogP contribution in [0.2, 0.25) is 0 Å². The highest BCUT2D eigenvalue weighted by atomic mass is 16.5. The van der Waals surface area contributed by atoms with Crippen molar-refractivity contribution >= 4 is 5.91 Å². The molecule has 2 aliphatic heterocycles. The predicted octanol–water partition coefficient (Wildman–Crippen LogP) is 4.18. The maximum atomic E-state index is 13.1. The average Bonchev–Trinajstić information content (AvgIpc) is 2.96. The third kappa shape index (κ3) is 6.88. The van der Waals surface area contributed by atoms with Gasteiger partial charge in [0, 0.05) is 50.9 Å². The number of carbonyl (C=O) groups is 1. The molecule has 2 aromatic carbocycles. The molecule has 3 heterocycles. The lowest BCUT2D eigenvalue weighted by Gasteiger charge is -2.39. The third-order valence-corrected chi connectivity index (χ3v) is 7.38. The fraction of sp³-hybridized carbons (Fsp3) is 0.419. The van der Waals surface area contributed by atoms with Gasteiger partial charge in [0.15, 0.2) is 11.5 Å². The highest BCUT2D eigenvalue weighted by molar-refractivity contribution is 5.93. The van der Waals surface area contributed by atoms with Gasteiger partial charge in [0.25, 0.3) is 5.91 Å². The molecule has 5 rings (SSSR count). The van der Waals surface area contributed by atoms with Crippen LogP contribution in [-0.2, 0) is 17.8 Å². The van der Waals surface area contributed by atoms with Gasteiger partial charge in [-0.1, -0.05) is 37.3 Å². The number of pyridine rings is 1. The van der Waals surface area contributed by atoms with Crippen LogP contribution >= 0.6 is 0 Å². The van der Waals surface area contributed by atoms with Crippen LogP contribution in [0.15, 0.2) is 60.8 Å². The average molecular weight is 532 g/mol. The molecule has 0 unspecified atom stereocenters. The number of amides is 1. The summed E-state index contributed by atoms with van der Waals surface area (Å²) in [7, 11) is 1.65. The van der Waals surface area contributed by atoms with Crippen LogP contribution in [0.4, 0.5) is 0 Å². The molecule has 1 aromatic heterocycles. The van der Waals surface area contributed by atoms with Gasteiger partial charge in [-0.2, -0.15) is 0 Å². The Morgan fingerprint density at radius 1 is 0.974 bits per heavy atom. The zero-order valence-corrected chi connectivity index (χ0v) is 22.8. The molecule has 0 saturated carbocycles. The number of morpholine rings is 1. The van der Waals surface area contributed by atoms with Gasteiger partial charge < -0.3 is 23.8 Å². The minimum Gasteiger partial charge on any atom is -0.493 e. The Morgan fingerprint density at radius 3 is 2.49 bits per heavy atom. The molecule has 2 fully saturated rings. The molecule has 39 heavy (non-hydrogen) atoms. The molecular formula is C31H37N3O5. The third-order valence-electron chi connectivity index (χ3n) is 7.38. The zero-order chi connectivity index (χ0) is 27.0. The molecule has 0 atom stereocenters. The molecule has 8 heteroatoms.